The van der Waals surface area contributed by atoms with Crippen LogP contribution in [0.25, 0.3) is 0 Å². The first kappa shape index (κ1) is 24.1. The van der Waals surface area contributed by atoms with Gasteiger partial charge in [-0.25, -0.2) is 10.3 Å². The fraction of sp³-hybridized carbons (Fsp3) is 0.375. The molecule has 0 aromatic heterocycles. The predicted molar refractivity (Wildman–Crippen MR) is 118 cm³/mol. The van der Waals surface area contributed by atoms with E-state index in [2.05, 4.69) is 5.32 Å². The third-order valence-electron chi connectivity index (χ3n) is 4.97. The Morgan fingerprint density at radius 1 is 0.774 bits per heavy atom. The minimum Gasteiger partial charge on any atom is -0.320 e. The van der Waals surface area contributed by atoms with Gasteiger partial charge in [0.15, 0.2) is 0 Å². The van der Waals surface area contributed by atoms with Gasteiger partial charge in [0.2, 0.25) is 5.91 Å². The second-order valence-electron chi connectivity index (χ2n) is 7.44. The number of nitrogens with zero attached hydrogens (tertiary/aromatic N) is 1. The van der Waals surface area contributed by atoms with E-state index in [4.69, 9.17) is 5.21 Å². The van der Waals surface area contributed by atoms with Gasteiger partial charge in [-0.15, -0.1) is 0 Å². The van der Waals surface area contributed by atoms with Gasteiger partial charge in [0.1, 0.15) is 0 Å². The number of imide groups is 1. The maximum absolute atomic E-state index is 12.8. The first-order valence-corrected chi connectivity index (χ1v) is 10.7. The van der Waals surface area contributed by atoms with Crippen molar-refractivity contribution in [2.45, 2.75) is 51.5 Å². The number of carbonyl (C=O) groups is 3. The van der Waals surface area contributed by atoms with Crippen molar-refractivity contribution in [1.82, 2.24) is 15.7 Å². The van der Waals surface area contributed by atoms with Crippen LogP contribution in [-0.2, 0) is 11.3 Å². The fourth-order valence-electron chi connectivity index (χ4n) is 3.25. The van der Waals surface area contributed by atoms with Crippen molar-refractivity contribution in [3.8, 4) is 0 Å². The Morgan fingerprint density at radius 3 is 2.00 bits per heavy atom. The molecule has 31 heavy (non-hydrogen) atoms. The zero-order chi connectivity index (χ0) is 22.3. The minimum atomic E-state index is -0.407. The van der Waals surface area contributed by atoms with E-state index in [-0.39, 0.29) is 5.91 Å². The predicted octanol–water partition coefficient (Wildman–Crippen LogP) is 4.27. The minimum absolute atomic E-state index is 0.330. The Labute approximate surface area is 183 Å². The normalized spacial score (nSPS) is 10.4. The lowest BCUT2D eigenvalue weighted by molar-refractivity contribution is -0.129. The molecule has 7 nitrogen and oxygen atoms in total. The number of benzene rings is 2. The molecule has 2 rings (SSSR count). The first-order chi connectivity index (χ1) is 15.1. The highest BCUT2D eigenvalue weighted by Gasteiger charge is 2.17. The average molecular weight is 426 g/mol. The summed E-state index contributed by atoms with van der Waals surface area (Å²) in [6.45, 7) is 0.987. The van der Waals surface area contributed by atoms with Crippen molar-refractivity contribution in [3.05, 3.63) is 71.8 Å². The molecule has 0 aliphatic carbocycles. The summed E-state index contributed by atoms with van der Waals surface area (Å²) < 4.78 is 0. The van der Waals surface area contributed by atoms with Gasteiger partial charge in [0.25, 0.3) is 5.91 Å². The second kappa shape index (κ2) is 13.9. The van der Waals surface area contributed by atoms with Crippen LogP contribution in [-0.4, -0.2) is 34.5 Å². The van der Waals surface area contributed by atoms with Crippen LogP contribution in [0, 0.1) is 0 Å². The third-order valence-corrected chi connectivity index (χ3v) is 4.97. The molecule has 0 unspecified atom stereocenters. The Hall–Kier alpha value is -3.19. The van der Waals surface area contributed by atoms with Gasteiger partial charge in [-0.3, -0.25) is 20.1 Å². The Morgan fingerprint density at radius 2 is 1.35 bits per heavy atom. The monoisotopic (exact) mass is 425 g/mol. The van der Waals surface area contributed by atoms with E-state index in [1.165, 1.54) is 0 Å². The summed E-state index contributed by atoms with van der Waals surface area (Å²) in [5, 5.41) is 11.0. The van der Waals surface area contributed by atoms with Gasteiger partial charge in [-0.1, -0.05) is 74.2 Å². The molecule has 2 aromatic rings. The molecule has 0 saturated heterocycles. The van der Waals surface area contributed by atoms with Gasteiger partial charge in [0, 0.05) is 25.1 Å². The number of urea groups is 1. The van der Waals surface area contributed by atoms with Crippen molar-refractivity contribution in [2.75, 3.05) is 6.54 Å². The lowest BCUT2D eigenvalue weighted by Gasteiger charge is -2.23. The Kier molecular flexibility index (Phi) is 10.8. The summed E-state index contributed by atoms with van der Waals surface area (Å²) in [6.07, 6.45) is 5.79. The topological polar surface area (TPSA) is 98.7 Å². The number of hydrogen-bond donors (Lipinski definition) is 3. The maximum atomic E-state index is 12.8. The van der Waals surface area contributed by atoms with Crippen LogP contribution in [0.1, 0.15) is 60.9 Å². The van der Waals surface area contributed by atoms with E-state index in [0.29, 0.717) is 25.1 Å². The maximum Gasteiger partial charge on any atom is 0.324 e. The highest BCUT2D eigenvalue weighted by atomic mass is 16.5. The van der Waals surface area contributed by atoms with E-state index in [1.54, 1.807) is 34.6 Å². The molecular formula is C24H31N3O4. The Bertz CT molecular complexity index is 812. The van der Waals surface area contributed by atoms with E-state index < -0.39 is 11.9 Å². The van der Waals surface area contributed by atoms with Gasteiger partial charge < -0.3 is 4.90 Å². The summed E-state index contributed by atoms with van der Waals surface area (Å²) in [5.74, 6) is -0.761. The lowest BCUT2D eigenvalue weighted by Crippen LogP contribution is -2.43. The third kappa shape index (κ3) is 9.44. The van der Waals surface area contributed by atoms with Crippen LogP contribution in [0.5, 0.6) is 0 Å². The summed E-state index contributed by atoms with van der Waals surface area (Å²) >= 11 is 0. The molecule has 166 valence electrons. The molecular weight excluding hydrogens is 394 g/mol. The summed E-state index contributed by atoms with van der Waals surface area (Å²) in [5.41, 5.74) is 3.09. The zero-order valence-electron chi connectivity index (χ0n) is 17.8. The molecule has 0 spiro atoms. The van der Waals surface area contributed by atoms with E-state index >= 15 is 0 Å². The second-order valence-corrected chi connectivity index (χ2v) is 7.44. The molecule has 0 radical (unpaired) electrons. The van der Waals surface area contributed by atoms with Crippen molar-refractivity contribution in [3.63, 3.8) is 0 Å². The van der Waals surface area contributed by atoms with Crippen molar-refractivity contribution < 1.29 is 19.6 Å². The molecule has 0 atom stereocenters. The van der Waals surface area contributed by atoms with E-state index in [0.717, 1.165) is 44.1 Å². The quantitative estimate of drug-likeness (QED) is 0.269. The molecule has 0 saturated carbocycles. The molecule has 7 heteroatoms. The number of carbonyl (C=O) groups excluding carboxylic acids is 3. The summed E-state index contributed by atoms with van der Waals surface area (Å²) in [7, 11) is 0. The number of unbranched alkanes of at least 4 members (excludes halogenated alkanes) is 5. The molecule has 0 heterocycles. The first-order valence-electron chi connectivity index (χ1n) is 10.7. The molecule has 2 aromatic carbocycles. The van der Waals surface area contributed by atoms with Gasteiger partial charge in [0.05, 0.1) is 0 Å². The molecule has 4 amide bonds. The number of amides is 4. The van der Waals surface area contributed by atoms with Crippen LogP contribution in [0.4, 0.5) is 4.79 Å². The lowest BCUT2D eigenvalue weighted by atomic mass is 10.1. The smallest absolute Gasteiger partial charge is 0.320 e. The molecule has 0 aliphatic rings. The van der Waals surface area contributed by atoms with Gasteiger partial charge >= 0.3 is 6.03 Å². The summed E-state index contributed by atoms with van der Waals surface area (Å²) in [4.78, 5) is 37.8. The number of rotatable bonds is 12. The standard InChI is InChI=1S/C24H31N3O4/c28-22(26-31)17-11-3-1-2-4-12-18-27(19-20-13-7-5-8-14-20)24(30)25-23(29)21-15-9-6-10-16-21/h5-10,13-16,31H,1-4,11-12,17-19H2,(H,26,28)(H,25,29,30). The molecule has 3 N–H and O–H groups in total. The van der Waals surface area contributed by atoms with E-state index in [1.807, 2.05) is 36.4 Å². The van der Waals surface area contributed by atoms with Crippen LogP contribution in [0.3, 0.4) is 0 Å². The SMILES string of the molecule is O=C(CCCCCCCCN(Cc1ccccc1)C(=O)NC(=O)c1ccccc1)NO. The molecule has 0 aliphatic heterocycles. The highest BCUT2D eigenvalue weighted by molar-refractivity contribution is 6.04. The van der Waals surface area contributed by atoms with Crippen LogP contribution in [0.15, 0.2) is 60.7 Å². The van der Waals surface area contributed by atoms with Crippen LogP contribution in [0.2, 0.25) is 0 Å². The number of hydrogen-bond acceptors (Lipinski definition) is 4. The van der Waals surface area contributed by atoms with Crippen molar-refractivity contribution in [1.29, 1.82) is 0 Å². The van der Waals surface area contributed by atoms with Crippen LogP contribution < -0.4 is 10.8 Å². The van der Waals surface area contributed by atoms with Gasteiger partial charge in [-0.05, 0) is 30.5 Å². The fourth-order valence-corrected chi connectivity index (χ4v) is 3.25. The average Bonchev–Trinajstić information content (AvgIpc) is 2.80. The van der Waals surface area contributed by atoms with Crippen LogP contribution >= 0.6 is 0 Å². The molecule has 0 bridgehead atoms. The number of hydroxylamine groups is 1. The largest absolute Gasteiger partial charge is 0.324 e. The van der Waals surface area contributed by atoms with Crippen molar-refractivity contribution in [2.24, 2.45) is 0 Å². The van der Waals surface area contributed by atoms with Gasteiger partial charge in [-0.2, -0.15) is 0 Å². The number of nitrogens with one attached hydrogen (secondary N) is 2. The summed E-state index contributed by atoms with van der Waals surface area (Å²) in [6, 6.07) is 18.0. The van der Waals surface area contributed by atoms with Crippen molar-refractivity contribution >= 4 is 17.8 Å². The zero-order valence-corrected chi connectivity index (χ0v) is 17.8. The highest BCUT2D eigenvalue weighted by Crippen LogP contribution is 2.11. The van der Waals surface area contributed by atoms with E-state index in [9.17, 15) is 14.4 Å². The molecule has 0 fully saturated rings. The Balaban J connectivity index is 1.80.